The van der Waals surface area contributed by atoms with Crippen LogP contribution in [0.4, 0.5) is 0 Å². The number of nitrogens with zero attached hydrogens (tertiary/aromatic N) is 1. The molecular weight excluding hydrogens is 280 g/mol. The zero-order valence-corrected chi connectivity index (χ0v) is 14.2. The molecule has 0 spiro atoms. The first-order chi connectivity index (χ1) is 10.2. The third-order valence-corrected chi connectivity index (χ3v) is 4.85. The van der Waals surface area contributed by atoms with Gasteiger partial charge in [-0.3, -0.25) is 0 Å². The van der Waals surface area contributed by atoms with Gasteiger partial charge in [-0.15, -0.1) is 0 Å². The van der Waals surface area contributed by atoms with E-state index in [1.54, 1.807) is 0 Å². The van der Waals surface area contributed by atoms with Crippen LogP contribution >= 0.6 is 11.6 Å². The quantitative estimate of drug-likeness (QED) is 0.752. The van der Waals surface area contributed by atoms with E-state index in [9.17, 15) is 0 Å². The van der Waals surface area contributed by atoms with Crippen molar-refractivity contribution < 1.29 is 0 Å². The molecule has 1 aromatic rings. The topological polar surface area (TPSA) is 15.3 Å². The summed E-state index contributed by atoms with van der Waals surface area (Å²) < 4.78 is 0. The van der Waals surface area contributed by atoms with Gasteiger partial charge in [-0.2, -0.15) is 0 Å². The molecule has 2 rings (SSSR count). The third-order valence-electron chi connectivity index (χ3n) is 4.61. The van der Waals surface area contributed by atoms with Crippen LogP contribution in [0.5, 0.6) is 0 Å². The summed E-state index contributed by atoms with van der Waals surface area (Å²) in [4.78, 5) is 2.55. The Kier molecular flexibility index (Phi) is 7.01. The highest BCUT2D eigenvalue weighted by Crippen LogP contribution is 2.25. The first-order valence-corrected chi connectivity index (χ1v) is 8.77. The summed E-state index contributed by atoms with van der Waals surface area (Å²) in [6.45, 7) is 4.43. The lowest BCUT2D eigenvalue weighted by atomic mass is 10.0. The molecule has 2 nitrogen and oxygen atoms in total. The molecule has 3 heteroatoms. The summed E-state index contributed by atoms with van der Waals surface area (Å²) in [5, 5.41) is 4.51. The number of benzene rings is 1. The maximum Gasteiger partial charge on any atom is 0.0409 e. The molecule has 1 atom stereocenters. The lowest BCUT2D eigenvalue weighted by Crippen LogP contribution is -2.33. The number of rotatable bonds is 8. The van der Waals surface area contributed by atoms with Crippen LogP contribution < -0.4 is 5.32 Å². The first-order valence-electron chi connectivity index (χ1n) is 8.39. The van der Waals surface area contributed by atoms with Gasteiger partial charge in [-0.05, 0) is 63.5 Å². The molecular formula is C18H29ClN2. The lowest BCUT2D eigenvalue weighted by Gasteiger charge is -2.27. The summed E-state index contributed by atoms with van der Waals surface area (Å²) in [5.41, 5.74) is 1.32. The molecule has 21 heavy (non-hydrogen) atoms. The maximum absolute atomic E-state index is 6.15. The normalized spacial score (nSPS) is 17.5. The summed E-state index contributed by atoms with van der Waals surface area (Å²) in [5.74, 6) is 0. The van der Waals surface area contributed by atoms with Crippen molar-refractivity contribution in [3.63, 3.8) is 0 Å². The van der Waals surface area contributed by atoms with E-state index in [0.29, 0.717) is 6.04 Å². The zero-order valence-electron chi connectivity index (χ0n) is 13.4. The molecule has 0 amide bonds. The van der Waals surface area contributed by atoms with Gasteiger partial charge in [-0.25, -0.2) is 0 Å². The Bertz CT molecular complexity index is 415. The number of hydrogen-bond acceptors (Lipinski definition) is 2. The highest BCUT2D eigenvalue weighted by Gasteiger charge is 2.20. The molecule has 0 bridgehead atoms. The summed E-state index contributed by atoms with van der Waals surface area (Å²) in [6.07, 6.45) is 7.87. The van der Waals surface area contributed by atoms with Crippen molar-refractivity contribution >= 4 is 11.6 Å². The Morgan fingerprint density at radius 2 is 2.10 bits per heavy atom. The van der Waals surface area contributed by atoms with Crippen molar-refractivity contribution in [2.75, 3.05) is 20.1 Å². The molecule has 0 saturated heterocycles. The third kappa shape index (κ3) is 5.28. The van der Waals surface area contributed by atoms with Crippen LogP contribution in [-0.4, -0.2) is 31.1 Å². The predicted octanol–water partition coefficient (Wildman–Crippen LogP) is 4.65. The van der Waals surface area contributed by atoms with E-state index in [1.807, 2.05) is 6.07 Å². The van der Waals surface area contributed by atoms with Gasteiger partial charge in [0.1, 0.15) is 0 Å². The average Bonchev–Trinajstić information content (AvgIpc) is 3.01. The number of halogens is 1. The van der Waals surface area contributed by atoms with Crippen molar-refractivity contribution in [3.8, 4) is 0 Å². The van der Waals surface area contributed by atoms with Crippen LogP contribution in [0.3, 0.4) is 0 Å². The SMILES string of the molecule is CCCNC(CCN(C)C1CCCC1)c1cccc(Cl)c1. The minimum Gasteiger partial charge on any atom is -0.310 e. The van der Waals surface area contributed by atoms with Crippen LogP contribution in [0.15, 0.2) is 24.3 Å². The molecule has 118 valence electrons. The van der Waals surface area contributed by atoms with Crippen LogP contribution in [0.25, 0.3) is 0 Å². The molecule has 0 aromatic heterocycles. The Labute approximate surface area is 134 Å². The summed E-state index contributed by atoms with van der Waals surface area (Å²) >= 11 is 6.15. The van der Waals surface area contributed by atoms with Crippen molar-refractivity contribution in [3.05, 3.63) is 34.9 Å². The van der Waals surface area contributed by atoms with E-state index in [-0.39, 0.29) is 0 Å². The fraction of sp³-hybridized carbons (Fsp3) is 0.667. The van der Waals surface area contributed by atoms with Crippen molar-refractivity contribution in [2.24, 2.45) is 0 Å². The fourth-order valence-corrected chi connectivity index (χ4v) is 3.49. The summed E-state index contributed by atoms with van der Waals surface area (Å²) in [6, 6.07) is 9.51. The Morgan fingerprint density at radius 1 is 1.33 bits per heavy atom. The Balaban J connectivity index is 1.92. The van der Waals surface area contributed by atoms with E-state index >= 15 is 0 Å². The van der Waals surface area contributed by atoms with E-state index < -0.39 is 0 Å². The smallest absolute Gasteiger partial charge is 0.0409 e. The van der Waals surface area contributed by atoms with E-state index in [0.717, 1.165) is 37.0 Å². The highest BCUT2D eigenvalue weighted by atomic mass is 35.5. The lowest BCUT2D eigenvalue weighted by molar-refractivity contribution is 0.231. The fourth-order valence-electron chi connectivity index (χ4n) is 3.29. The van der Waals surface area contributed by atoms with Gasteiger partial charge < -0.3 is 10.2 Å². The maximum atomic E-state index is 6.15. The standard InChI is InChI=1S/C18H29ClN2/c1-3-12-20-18(15-7-6-8-16(19)14-15)11-13-21(2)17-9-4-5-10-17/h6-8,14,17-18,20H,3-5,9-13H2,1-2H3. The minimum atomic E-state index is 0.410. The van der Waals surface area contributed by atoms with Gasteiger partial charge in [0, 0.05) is 17.1 Å². The van der Waals surface area contributed by atoms with E-state index in [4.69, 9.17) is 11.6 Å². The molecule has 1 fully saturated rings. The monoisotopic (exact) mass is 308 g/mol. The van der Waals surface area contributed by atoms with Gasteiger partial charge in [0.2, 0.25) is 0 Å². The molecule has 1 aliphatic rings. The van der Waals surface area contributed by atoms with Gasteiger partial charge in [-0.1, -0.05) is 43.5 Å². The molecule has 0 heterocycles. The van der Waals surface area contributed by atoms with Crippen molar-refractivity contribution in [2.45, 2.75) is 57.5 Å². The first kappa shape index (κ1) is 16.8. The number of nitrogens with one attached hydrogen (secondary N) is 1. The second-order valence-electron chi connectivity index (χ2n) is 6.27. The van der Waals surface area contributed by atoms with Crippen LogP contribution in [-0.2, 0) is 0 Å². The second kappa shape index (κ2) is 8.77. The molecule has 1 aromatic carbocycles. The molecule has 1 aliphatic carbocycles. The van der Waals surface area contributed by atoms with E-state index in [1.165, 1.54) is 31.2 Å². The van der Waals surface area contributed by atoms with Crippen LogP contribution in [0.2, 0.25) is 5.02 Å². The minimum absolute atomic E-state index is 0.410. The Morgan fingerprint density at radius 3 is 2.76 bits per heavy atom. The van der Waals surface area contributed by atoms with Gasteiger partial charge in [0.05, 0.1) is 0 Å². The van der Waals surface area contributed by atoms with Crippen molar-refractivity contribution in [1.29, 1.82) is 0 Å². The molecule has 0 aliphatic heterocycles. The summed E-state index contributed by atoms with van der Waals surface area (Å²) in [7, 11) is 2.28. The van der Waals surface area contributed by atoms with Crippen LogP contribution in [0.1, 0.15) is 57.1 Å². The van der Waals surface area contributed by atoms with Gasteiger partial charge in [0.15, 0.2) is 0 Å². The van der Waals surface area contributed by atoms with Gasteiger partial charge >= 0.3 is 0 Å². The van der Waals surface area contributed by atoms with E-state index in [2.05, 4.69) is 42.4 Å². The average molecular weight is 309 g/mol. The largest absolute Gasteiger partial charge is 0.310 e. The molecule has 1 unspecified atom stereocenters. The van der Waals surface area contributed by atoms with Gasteiger partial charge in [0.25, 0.3) is 0 Å². The highest BCUT2D eigenvalue weighted by molar-refractivity contribution is 6.30. The number of hydrogen-bond donors (Lipinski definition) is 1. The van der Waals surface area contributed by atoms with Crippen molar-refractivity contribution in [1.82, 2.24) is 10.2 Å². The molecule has 1 N–H and O–H groups in total. The van der Waals surface area contributed by atoms with Crippen LogP contribution in [0, 0.1) is 0 Å². The molecule has 0 radical (unpaired) electrons. The second-order valence-corrected chi connectivity index (χ2v) is 6.71. The molecule has 1 saturated carbocycles. The Hall–Kier alpha value is -0.570. The predicted molar refractivity (Wildman–Crippen MR) is 92.0 cm³/mol. The zero-order chi connectivity index (χ0) is 15.1.